The Kier molecular flexibility index (Phi) is 37.6. The number of nitrogens with one attached hydrogen (secondary N) is 2. The van der Waals surface area contributed by atoms with E-state index in [0.717, 1.165) is 64.2 Å². The Morgan fingerprint density at radius 2 is 1.10 bits per heavy atom. The van der Waals surface area contributed by atoms with Crippen LogP contribution in [0.5, 0.6) is 0 Å². The number of hydrogen-bond acceptors (Lipinski definition) is 9. The lowest BCUT2D eigenvalue weighted by molar-refractivity contribution is -0.231. The van der Waals surface area contributed by atoms with Crippen LogP contribution >= 0.6 is 0 Å². The van der Waals surface area contributed by atoms with Crippen molar-refractivity contribution < 1.29 is 34.4 Å². The van der Waals surface area contributed by atoms with Gasteiger partial charge >= 0.3 is 0 Å². The van der Waals surface area contributed by atoms with Gasteiger partial charge in [0.05, 0.1) is 12.6 Å². The number of rotatable bonds is 42. The van der Waals surface area contributed by atoms with Crippen molar-refractivity contribution in [2.45, 2.75) is 275 Å². The second kappa shape index (κ2) is 40.2. The summed E-state index contributed by atoms with van der Waals surface area (Å²) in [5.74, 6) is -1.24. The van der Waals surface area contributed by atoms with E-state index in [9.17, 15) is 29.7 Å². The van der Waals surface area contributed by atoms with E-state index in [2.05, 4.69) is 36.6 Å². The summed E-state index contributed by atoms with van der Waals surface area (Å²) in [6.07, 6.45) is 36.2. The average molecular weight is 894 g/mol. The molecule has 0 saturated carbocycles. The van der Waals surface area contributed by atoms with Gasteiger partial charge in [0.1, 0.15) is 30.4 Å². The molecule has 1 saturated heterocycles. The summed E-state index contributed by atoms with van der Waals surface area (Å²) < 4.78 is 6.18. The minimum atomic E-state index is -1.53. The number of hydrogen-bond donors (Lipinski definition) is 7. The van der Waals surface area contributed by atoms with Crippen molar-refractivity contribution in [1.82, 2.24) is 15.5 Å². The number of ether oxygens (including phenoxy) is 1. The molecule has 9 N–H and O–H groups in total. The molecule has 1 heterocycles. The smallest absolute Gasteiger partial charge is 0.242 e. The van der Waals surface area contributed by atoms with E-state index >= 15 is 0 Å². The Morgan fingerprint density at radius 1 is 0.635 bits per heavy atom. The minimum absolute atomic E-state index is 0.150. The molecule has 1 aliphatic heterocycles. The molecule has 12 nitrogen and oxygen atoms in total. The van der Waals surface area contributed by atoms with Crippen molar-refractivity contribution in [2.75, 3.05) is 19.7 Å². The van der Waals surface area contributed by atoms with Crippen molar-refractivity contribution in [1.29, 1.82) is 0 Å². The van der Waals surface area contributed by atoms with E-state index in [1.165, 1.54) is 122 Å². The zero-order chi connectivity index (χ0) is 46.3. The lowest BCUT2D eigenvalue weighted by Gasteiger charge is -2.47. The molecular formula is C51H99N5O7. The standard InChI is InChI=1S/C51H99N5O7/c1-4-6-8-10-12-14-16-18-20-22-24-26-28-30-32-36-40-56(45(58)38-33-31-29-27-25-23-21-19-17-15-13-11-9-7-5-2)51-46(48(60)47(59)44(41-57)63-51)55-49(61)42(3)54-50(62)43(53)37-34-35-39-52/h19,21,42-44,46-48,51,57,59-60H,4-18,20,22-41,52-53H2,1-3H3,(H,54,62)(H,55,61)/b21-19-/t42-,43-,44+,46+,47+,48+,51+/m0/s1. The molecule has 0 aromatic heterocycles. The molecule has 7 atom stereocenters. The summed E-state index contributed by atoms with van der Waals surface area (Å²) in [5.41, 5.74) is 11.6. The molecule has 3 amide bonds. The van der Waals surface area contributed by atoms with Crippen LogP contribution in [0.15, 0.2) is 12.2 Å². The first-order valence-electron chi connectivity index (χ1n) is 26.3. The molecule has 1 aliphatic rings. The molecule has 0 bridgehead atoms. The molecule has 370 valence electrons. The van der Waals surface area contributed by atoms with Crippen LogP contribution in [0, 0.1) is 0 Å². The van der Waals surface area contributed by atoms with Gasteiger partial charge in [0.25, 0.3) is 0 Å². The Hall–Kier alpha value is -2.09. The first-order valence-corrected chi connectivity index (χ1v) is 26.3. The predicted molar refractivity (Wildman–Crippen MR) is 259 cm³/mol. The first-order chi connectivity index (χ1) is 30.6. The molecule has 1 rings (SSSR count). The largest absolute Gasteiger partial charge is 0.394 e. The topological polar surface area (TPSA) is 200 Å². The summed E-state index contributed by atoms with van der Waals surface area (Å²) >= 11 is 0. The van der Waals surface area contributed by atoms with Gasteiger partial charge in [-0.05, 0) is 64.8 Å². The maximum Gasteiger partial charge on any atom is 0.242 e. The van der Waals surface area contributed by atoms with Crippen molar-refractivity contribution in [2.24, 2.45) is 11.5 Å². The minimum Gasteiger partial charge on any atom is -0.394 e. The second-order valence-corrected chi connectivity index (χ2v) is 18.6. The van der Waals surface area contributed by atoms with Gasteiger partial charge in [-0.15, -0.1) is 0 Å². The summed E-state index contributed by atoms with van der Waals surface area (Å²) in [6.45, 7) is 6.31. The van der Waals surface area contributed by atoms with E-state index in [0.29, 0.717) is 38.8 Å². The number of unbranched alkanes of at least 4 members (excludes halogenated alkanes) is 27. The van der Waals surface area contributed by atoms with Crippen LogP contribution in [0.25, 0.3) is 0 Å². The average Bonchev–Trinajstić information content (AvgIpc) is 3.27. The molecule has 0 aromatic rings. The summed E-state index contributed by atoms with van der Waals surface area (Å²) in [7, 11) is 0. The van der Waals surface area contributed by atoms with Crippen molar-refractivity contribution in [3.05, 3.63) is 12.2 Å². The van der Waals surface area contributed by atoms with E-state index in [1.807, 2.05) is 0 Å². The van der Waals surface area contributed by atoms with Crippen LogP contribution in [0.1, 0.15) is 233 Å². The van der Waals surface area contributed by atoms with Crippen LogP contribution in [0.3, 0.4) is 0 Å². The van der Waals surface area contributed by atoms with E-state index in [1.54, 1.807) is 4.90 Å². The number of amides is 3. The normalized spacial score (nSPS) is 19.9. The highest BCUT2D eigenvalue weighted by Gasteiger charge is 2.48. The van der Waals surface area contributed by atoms with Gasteiger partial charge in [0.2, 0.25) is 17.7 Å². The van der Waals surface area contributed by atoms with E-state index in [4.69, 9.17) is 16.2 Å². The molecule has 0 unspecified atom stereocenters. The molecule has 12 heteroatoms. The lowest BCUT2D eigenvalue weighted by atomic mass is 9.94. The van der Waals surface area contributed by atoms with Gasteiger partial charge in [-0.25, -0.2) is 0 Å². The van der Waals surface area contributed by atoms with Crippen molar-refractivity contribution >= 4 is 17.7 Å². The number of allylic oxidation sites excluding steroid dienone is 2. The second-order valence-electron chi connectivity index (χ2n) is 18.6. The third kappa shape index (κ3) is 28.5. The zero-order valence-electron chi connectivity index (χ0n) is 40.7. The highest BCUT2D eigenvalue weighted by atomic mass is 16.5. The fourth-order valence-electron chi connectivity index (χ4n) is 8.55. The Bertz CT molecular complexity index is 1150. The highest BCUT2D eigenvalue weighted by molar-refractivity contribution is 5.89. The molecule has 0 spiro atoms. The first kappa shape index (κ1) is 58.9. The quantitative estimate of drug-likeness (QED) is 0.0231. The van der Waals surface area contributed by atoms with Gasteiger partial charge in [-0.2, -0.15) is 0 Å². The molecule has 63 heavy (non-hydrogen) atoms. The Balaban J connectivity index is 2.80. The van der Waals surface area contributed by atoms with Crippen LogP contribution < -0.4 is 22.1 Å². The van der Waals surface area contributed by atoms with Gasteiger partial charge in [-0.3, -0.25) is 14.4 Å². The van der Waals surface area contributed by atoms with E-state index < -0.39 is 61.1 Å². The maximum absolute atomic E-state index is 14.1. The Labute approximate surface area is 385 Å². The highest BCUT2D eigenvalue weighted by Crippen LogP contribution is 2.26. The number of aliphatic hydroxyl groups is 3. The molecule has 0 radical (unpaired) electrons. The molecule has 0 aliphatic carbocycles. The van der Waals surface area contributed by atoms with Crippen LogP contribution in [0.2, 0.25) is 0 Å². The van der Waals surface area contributed by atoms with Gasteiger partial charge in [-0.1, -0.05) is 180 Å². The Morgan fingerprint density at radius 3 is 1.57 bits per heavy atom. The summed E-state index contributed by atoms with van der Waals surface area (Å²) in [5, 5.41) is 37.8. The van der Waals surface area contributed by atoms with Gasteiger partial charge in [0, 0.05) is 13.0 Å². The lowest BCUT2D eigenvalue weighted by Crippen LogP contribution is -2.69. The molecule has 1 fully saturated rings. The van der Waals surface area contributed by atoms with Crippen molar-refractivity contribution in [3.8, 4) is 0 Å². The summed E-state index contributed by atoms with van der Waals surface area (Å²) in [4.78, 5) is 42.0. The van der Waals surface area contributed by atoms with Gasteiger partial charge in [0.15, 0.2) is 6.23 Å². The number of carbonyl (C=O) groups is 3. The third-order valence-electron chi connectivity index (χ3n) is 12.8. The zero-order valence-corrected chi connectivity index (χ0v) is 40.7. The van der Waals surface area contributed by atoms with Crippen LogP contribution in [0.4, 0.5) is 0 Å². The van der Waals surface area contributed by atoms with Crippen LogP contribution in [-0.2, 0) is 19.1 Å². The van der Waals surface area contributed by atoms with Crippen LogP contribution in [-0.4, -0.2) is 100 Å². The SMILES string of the molecule is CCCCCCCC/C=C\CCCCCCCC(=O)N(CCCCCCCCCCCCCCCCCC)[C@@H]1O[C@H](CO)[C@@H](O)[C@H](O)[C@H]1NC(=O)[C@H](C)NC(=O)[C@@H](N)CCCCN. The van der Waals surface area contributed by atoms with E-state index in [-0.39, 0.29) is 12.3 Å². The summed E-state index contributed by atoms with van der Waals surface area (Å²) in [6, 6.07) is -3.02. The number of nitrogens with zero attached hydrogens (tertiary/aromatic N) is 1. The number of nitrogens with two attached hydrogens (primary N) is 2. The third-order valence-corrected chi connectivity index (χ3v) is 12.8. The fraction of sp³-hybridized carbons (Fsp3) is 0.902. The molecular weight excluding hydrogens is 795 g/mol. The fourth-order valence-corrected chi connectivity index (χ4v) is 8.55. The maximum atomic E-state index is 14.1. The number of carbonyl (C=O) groups excluding carboxylic acids is 3. The van der Waals surface area contributed by atoms with Gasteiger partial charge < -0.3 is 47.1 Å². The number of aliphatic hydroxyl groups excluding tert-OH is 3. The predicted octanol–water partition coefficient (Wildman–Crippen LogP) is 9.00. The monoisotopic (exact) mass is 894 g/mol. The van der Waals surface area contributed by atoms with Crippen molar-refractivity contribution in [3.63, 3.8) is 0 Å². The molecule has 0 aromatic carbocycles.